The molecule has 1 aliphatic rings. The highest BCUT2D eigenvalue weighted by molar-refractivity contribution is 7.92. The maximum atomic E-state index is 13.2. The van der Waals surface area contributed by atoms with Crippen LogP contribution < -0.4 is 4.74 Å². The normalized spacial score (nSPS) is 16.4. The minimum Gasteiger partial charge on any atom is -0.497 e. The van der Waals surface area contributed by atoms with Crippen molar-refractivity contribution in [3.8, 4) is 5.75 Å². The second-order valence-electron chi connectivity index (χ2n) is 5.62. The van der Waals surface area contributed by atoms with Gasteiger partial charge in [-0.3, -0.25) is 0 Å². The van der Waals surface area contributed by atoms with E-state index in [4.69, 9.17) is 4.74 Å². The van der Waals surface area contributed by atoms with E-state index in [9.17, 15) is 21.2 Å². The Bertz CT molecular complexity index is 981. The van der Waals surface area contributed by atoms with Crippen LogP contribution in [0.3, 0.4) is 0 Å². The van der Waals surface area contributed by atoms with Crippen LogP contribution >= 0.6 is 0 Å². The van der Waals surface area contributed by atoms with Crippen LogP contribution in [0.4, 0.5) is 4.39 Å². The van der Waals surface area contributed by atoms with E-state index in [0.717, 1.165) is 16.4 Å². The van der Waals surface area contributed by atoms with E-state index in [-0.39, 0.29) is 22.9 Å². The van der Waals surface area contributed by atoms with Crippen molar-refractivity contribution in [3.05, 3.63) is 54.3 Å². The molecule has 134 valence electrons. The van der Waals surface area contributed by atoms with E-state index in [1.165, 1.54) is 43.5 Å². The Labute approximate surface area is 145 Å². The summed E-state index contributed by atoms with van der Waals surface area (Å²) in [5.41, 5.74) is 0. The van der Waals surface area contributed by atoms with Gasteiger partial charge in [-0.15, -0.1) is 0 Å². The van der Waals surface area contributed by atoms with Gasteiger partial charge in [0.2, 0.25) is 10.0 Å². The fraction of sp³-hybridized carbons (Fsp3) is 0.250. The topological polar surface area (TPSA) is 80.8 Å². The molecular weight excluding hydrogens is 369 g/mol. The highest BCUT2D eigenvalue weighted by Crippen LogP contribution is 2.29. The van der Waals surface area contributed by atoms with Crippen molar-refractivity contribution in [1.29, 1.82) is 0 Å². The van der Waals surface area contributed by atoms with Crippen LogP contribution in [0.5, 0.6) is 5.75 Å². The zero-order chi connectivity index (χ0) is 18.2. The summed E-state index contributed by atoms with van der Waals surface area (Å²) >= 11 is 0. The zero-order valence-electron chi connectivity index (χ0n) is 13.3. The van der Waals surface area contributed by atoms with Gasteiger partial charge < -0.3 is 4.74 Å². The molecule has 6 nitrogen and oxygen atoms in total. The second-order valence-corrected chi connectivity index (χ2v) is 9.79. The molecule has 0 atom stereocenters. The molecule has 2 aromatic carbocycles. The lowest BCUT2D eigenvalue weighted by atomic mass is 10.3. The largest absolute Gasteiger partial charge is 0.497 e. The molecule has 1 fully saturated rings. The van der Waals surface area contributed by atoms with Gasteiger partial charge >= 0.3 is 0 Å². The quantitative estimate of drug-likeness (QED) is 0.782. The average molecular weight is 385 g/mol. The zero-order valence-corrected chi connectivity index (χ0v) is 14.9. The first-order chi connectivity index (χ1) is 11.7. The molecule has 25 heavy (non-hydrogen) atoms. The third-order valence-electron chi connectivity index (χ3n) is 4.08. The number of methoxy groups -OCH3 is 1. The highest BCUT2D eigenvalue weighted by Gasteiger charge is 2.44. The van der Waals surface area contributed by atoms with Crippen molar-refractivity contribution < 1.29 is 26.0 Å². The Morgan fingerprint density at radius 2 is 1.64 bits per heavy atom. The van der Waals surface area contributed by atoms with Gasteiger partial charge in [-0.1, -0.05) is 6.07 Å². The van der Waals surface area contributed by atoms with Gasteiger partial charge in [0.15, 0.2) is 9.84 Å². The molecule has 0 aliphatic carbocycles. The molecule has 0 saturated carbocycles. The van der Waals surface area contributed by atoms with Crippen LogP contribution in [-0.4, -0.2) is 46.6 Å². The summed E-state index contributed by atoms with van der Waals surface area (Å²) in [6.07, 6.45) is 0. The summed E-state index contributed by atoms with van der Waals surface area (Å²) in [6.45, 7) is -0.319. The molecule has 0 N–H and O–H groups in total. The van der Waals surface area contributed by atoms with Gasteiger partial charge in [-0.2, -0.15) is 4.31 Å². The lowest BCUT2D eigenvalue weighted by Gasteiger charge is -2.37. The van der Waals surface area contributed by atoms with E-state index < -0.39 is 30.9 Å². The predicted molar refractivity (Wildman–Crippen MR) is 89.1 cm³/mol. The average Bonchev–Trinajstić information content (AvgIpc) is 2.53. The lowest BCUT2D eigenvalue weighted by Crippen LogP contribution is -2.56. The highest BCUT2D eigenvalue weighted by atomic mass is 32.2. The Morgan fingerprint density at radius 1 is 1.00 bits per heavy atom. The van der Waals surface area contributed by atoms with E-state index in [2.05, 4.69) is 0 Å². The number of benzene rings is 2. The molecular formula is C16H16FNO5S2. The first kappa shape index (κ1) is 17.8. The third kappa shape index (κ3) is 3.26. The number of hydrogen-bond acceptors (Lipinski definition) is 5. The number of rotatable bonds is 5. The summed E-state index contributed by atoms with van der Waals surface area (Å²) in [5.74, 6) is -0.133. The number of nitrogens with zero attached hydrogens (tertiary/aromatic N) is 1. The van der Waals surface area contributed by atoms with Crippen molar-refractivity contribution in [2.45, 2.75) is 15.0 Å². The van der Waals surface area contributed by atoms with E-state index >= 15 is 0 Å². The van der Waals surface area contributed by atoms with Gasteiger partial charge in [0, 0.05) is 13.1 Å². The van der Waals surface area contributed by atoms with Crippen LogP contribution in [0.25, 0.3) is 0 Å². The molecule has 1 aliphatic heterocycles. The van der Waals surface area contributed by atoms with Gasteiger partial charge in [0.25, 0.3) is 0 Å². The van der Waals surface area contributed by atoms with Crippen molar-refractivity contribution in [3.63, 3.8) is 0 Å². The Balaban J connectivity index is 1.76. The standard InChI is InChI=1S/C16H16FNO5S2/c1-23-13-5-7-14(8-6-13)24(19,20)16-10-18(11-16)25(21,22)15-4-2-3-12(17)9-15/h2-9,16H,10-11H2,1H3. The first-order valence-corrected chi connectivity index (χ1v) is 10.4. The smallest absolute Gasteiger partial charge is 0.243 e. The van der Waals surface area contributed by atoms with E-state index in [1.54, 1.807) is 0 Å². The number of sulfone groups is 1. The van der Waals surface area contributed by atoms with Crippen LogP contribution in [-0.2, 0) is 19.9 Å². The minimum absolute atomic E-state index is 0.112. The maximum Gasteiger partial charge on any atom is 0.243 e. The monoisotopic (exact) mass is 385 g/mol. The summed E-state index contributed by atoms with van der Waals surface area (Å²) in [4.78, 5) is -0.0751. The molecule has 1 heterocycles. The molecule has 2 aromatic rings. The van der Waals surface area contributed by atoms with Gasteiger partial charge in [-0.05, 0) is 42.5 Å². The van der Waals surface area contributed by atoms with Crippen LogP contribution in [0, 0.1) is 5.82 Å². The SMILES string of the molecule is COc1ccc(S(=O)(=O)C2CN(S(=O)(=O)c3cccc(F)c3)C2)cc1. The summed E-state index contributed by atoms with van der Waals surface area (Å²) < 4.78 is 69.2. The molecule has 0 amide bonds. The van der Waals surface area contributed by atoms with E-state index in [0.29, 0.717) is 5.75 Å². The van der Waals surface area contributed by atoms with Crippen molar-refractivity contribution >= 4 is 19.9 Å². The Kier molecular flexibility index (Phi) is 4.56. The lowest BCUT2D eigenvalue weighted by molar-refractivity contribution is 0.309. The van der Waals surface area contributed by atoms with Crippen LogP contribution in [0.1, 0.15) is 0 Å². The molecule has 1 saturated heterocycles. The fourth-order valence-electron chi connectivity index (χ4n) is 2.53. The molecule has 0 unspecified atom stereocenters. The van der Waals surface area contributed by atoms with Crippen LogP contribution in [0.2, 0.25) is 0 Å². The summed E-state index contributed by atoms with van der Waals surface area (Å²) in [5, 5.41) is -0.829. The minimum atomic E-state index is -3.90. The van der Waals surface area contributed by atoms with Crippen molar-refractivity contribution in [2.75, 3.05) is 20.2 Å². The van der Waals surface area contributed by atoms with Crippen molar-refractivity contribution in [2.24, 2.45) is 0 Å². The summed E-state index contributed by atoms with van der Waals surface area (Å²) in [6, 6.07) is 10.6. The Hall–Kier alpha value is -1.97. The molecule has 3 rings (SSSR count). The molecule has 9 heteroatoms. The van der Waals surface area contributed by atoms with Gasteiger partial charge in [0.05, 0.1) is 22.2 Å². The second kappa shape index (κ2) is 6.40. The molecule has 0 bridgehead atoms. The third-order valence-corrected chi connectivity index (χ3v) is 8.01. The number of halogens is 1. The molecule has 0 radical (unpaired) electrons. The maximum absolute atomic E-state index is 13.2. The fourth-order valence-corrected chi connectivity index (χ4v) is 5.93. The molecule has 0 spiro atoms. The van der Waals surface area contributed by atoms with Gasteiger partial charge in [-0.25, -0.2) is 21.2 Å². The molecule has 0 aromatic heterocycles. The Morgan fingerprint density at radius 3 is 2.20 bits per heavy atom. The van der Waals surface area contributed by atoms with E-state index in [1.807, 2.05) is 0 Å². The van der Waals surface area contributed by atoms with Crippen LogP contribution in [0.15, 0.2) is 58.3 Å². The number of hydrogen-bond donors (Lipinski definition) is 0. The van der Waals surface area contributed by atoms with Gasteiger partial charge in [0.1, 0.15) is 11.6 Å². The predicted octanol–water partition coefficient (Wildman–Crippen LogP) is 1.68. The number of sulfonamides is 1. The summed E-state index contributed by atoms with van der Waals surface area (Å²) in [7, 11) is -6.07. The first-order valence-electron chi connectivity index (χ1n) is 7.39. The van der Waals surface area contributed by atoms with Crippen molar-refractivity contribution in [1.82, 2.24) is 4.31 Å². The number of ether oxygens (including phenoxy) is 1.